The molecule has 1 spiro atoms. The van der Waals surface area contributed by atoms with Gasteiger partial charge in [0.2, 0.25) is 0 Å². The predicted octanol–water partition coefficient (Wildman–Crippen LogP) is 14.6. The van der Waals surface area contributed by atoms with Crippen molar-refractivity contribution in [3.05, 3.63) is 175 Å². The molecule has 5 aliphatic rings. The van der Waals surface area contributed by atoms with Crippen molar-refractivity contribution in [2.75, 3.05) is 4.90 Å². The number of thiophene rings is 1. The normalized spacial score (nSPS) is 23.3. The smallest absolute Gasteiger partial charge is 0.0540 e. The Labute approximate surface area is 321 Å². The van der Waals surface area contributed by atoms with Crippen molar-refractivity contribution in [1.82, 2.24) is 0 Å². The summed E-state index contributed by atoms with van der Waals surface area (Å²) in [6.07, 6.45) is 7.02. The van der Waals surface area contributed by atoms with Crippen molar-refractivity contribution in [2.24, 2.45) is 23.7 Å². The van der Waals surface area contributed by atoms with Crippen LogP contribution in [0.25, 0.3) is 53.6 Å². The molecule has 0 N–H and O–H groups in total. The molecule has 5 aliphatic carbocycles. The van der Waals surface area contributed by atoms with Crippen LogP contribution >= 0.6 is 11.3 Å². The highest BCUT2D eigenvalue weighted by Gasteiger charge is 2.61. The molecule has 4 fully saturated rings. The quantitative estimate of drug-likeness (QED) is 0.172. The van der Waals surface area contributed by atoms with Crippen LogP contribution in [0.5, 0.6) is 0 Å². The topological polar surface area (TPSA) is 3.24 Å². The number of nitrogens with zero attached hydrogens (tertiary/aromatic N) is 1. The molecule has 2 heteroatoms. The van der Waals surface area contributed by atoms with Crippen LogP contribution in [0.1, 0.15) is 43.2 Å². The van der Waals surface area contributed by atoms with Gasteiger partial charge >= 0.3 is 0 Å². The Morgan fingerprint density at radius 3 is 1.87 bits per heavy atom. The van der Waals surface area contributed by atoms with Crippen molar-refractivity contribution >= 4 is 48.6 Å². The molecule has 1 nitrogen and oxygen atoms in total. The standard InChI is InChI=1S/C52H41NS/c1-2-11-35(12-3-1)41-13-5-8-19-49(41)53(39-23-21-36(22-24-39)42-16-10-17-46-45-15-6-9-20-50(45)54-51(42)46)40-25-26-44-43-14-4-7-18-47(43)52(48(44)32-40)37-28-33-27-34(30-37)31-38(52)29-33/h1-26,32-34,37-38H,27-31H2. The second kappa shape index (κ2) is 11.8. The zero-order valence-electron chi connectivity index (χ0n) is 30.3. The lowest BCUT2D eigenvalue weighted by atomic mass is 9.43. The number of hydrogen-bond acceptors (Lipinski definition) is 2. The lowest BCUT2D eigenvalue weighted by Crippen LogP contribution is -2.55. The summed E-state index contributed by atoms with van der Waals surface area (Å²) in [5.74, 6) is 3.30. The third-order valence-electron chi connectivity index (χ3n) is 13.9. The molecule has 0 atom stereocenters. The van der Waals surface area contributed by atoms with E-state index in [0.29, 0.717) is 0 Å². The second-order valence-corrected chi connectivity index (χ2v) is 17.5. The average Bonchev–Trinajstić information content (AvgIpc) is 3.75. The average molecular weight is 712 g/mol. The van der Waals surface area contributed by atoms with Gasteiger partial charge in [-0.25, -0.2) is 0 Å². The summed E-state index contributed by atoms with van der Waals surface area (Å²) in [7, 11) is 0. The molecule has 4 bridgehead atoms. The van der Waals surface area contributed by atoms with Gasteiger partial charge in [-0.15, -0.1) is 11.3 Å². The summed E-state index contributed by atoms with van der Waals surface area (Å²) < 4.78 is 2.70. The Kier molecular flexibility index (Phi) is 6.75. The summed E-state index contributed by atoms with van der Waals surface area (Å²) in [6.45, 7) is 0. The van der Waals surface area contributed by atoms with Crippen molar-refractivity contribution in [2.45, 2.75) is 37.5 Å². The van der Waals surface area contributed by atoms with Gasteiger partial charge in [-0.05, 0) is 131 Å². The minimum absolute atomic E-state index is 0.118. The third kappa shape index (κ3) is 4.38. The summed E-state index contributed by atoms with van der Waals surface area (Å²) >= 11 is 1.90. The van der Waals surface area contributed by atoms with E-state index >= 15 is 0 Å². The second-order valence-electron chi connectivity index (χ2n) is 16.5. The number of para-hydroxylation sites is 1. The Balaban J connectivity index is 1.04. The lowest BCUT2D eigenvalue weighted by Gasteiger charge is -2.61. The maximum Gasteiger partial charge on any atom is 0.0540 e. The first-order valence-electron chi connectivity index (χ1n) is 19.9. The minimum Gasteiger partial charge on any atom is -0.310 e. The number of anilines is 3. The largest absolute Gasteiger partial charge is 0.310 e. The Morgan fingerprint density at radius 2 is 1.06 bits per heavy atom. The molecule has 8 aromatic rings. The summed E-state index contributed by atoms with van der Waals surface area (Å²) in [5.41, 5.74) is 14.9. The van der Waals surface area contributed by atoms with Crippen LogP contribution in [0.2, 0.25) is 0 Å². The highest BCUT2D eigenvalue weighted by atomic mass is 32.1. The first-order chi connectivity index (χ1) is 26.7. The molecule has 0 amide bonds. The van der Waals surface area contributed by atoms with Gasteiger partial charge in [0.1, 0.15) is 0 Å². The molecule has 0 radical (unpaired) electrons. The Morgan fingerprint density at radius 1 is 0.444 bits per heavy atom. The van der Waals surface area contributed by atoms with Crippen LogP contribution < -0.4 is 4.90 Å². The van der Waals surface area contributed by atoms with Crippen LogP contribution in [-0.2, 0) is 5.41 Å². The van der Waals surface area contributed by atoms with Crippen molar-refractivity contribution in [3.8, 4) is 33.4 Å². The monoisotopic (exact) mass is 711 g/mol. The van der Waals surface area contributed by atoms with Crippen LogP contribution in [0.3, 0.4) is 0 Å². The molecule has 13 rings (SSSR count). The summed E-state index contributed by atoms with van der Waals surface area (Å²) in [4.78, 5) is 2.54. The zero-order chi connectivity index (χ0) is 35.4. The predicted molar refractivity (Wildman–Crippen MR) is 228 cm³/mol. The number of benzene rings is 7. The van der Waals surface area contributed by atoms with Crippen LogP contribution in [0, 0.1) is 23.7 Å². The summed E-state index contributed by atoms with van der Waals surface area (Å²) in [5, 5.41) is 2.68. The van der Waals surface area contributed by atoms with Gasteiger partial charge in [-0.3, -0.25) is 0 Å². The van der Waals surface area contributed by atoms with Gasteiger partial charge < -0.3 is 4.90 Å². The molecule has 1 aromatic heterocycles. The Hall–Kier alpha value is -5.44. The lowest BCUT2D eigenvalue weighted by molar-refractivity contribution is -0.0399. The van der Waals surface area contributed by atoms with Gasteiger partial charge in [0, 0.05) is 42.5 Å². The highest BCUT2D eigenvalue weighted by molar-refractivity contribution is 7.26. The van der Waals surface area contributed by atoms with E-state index in [-0.39, 0.29) is 5.41 Å². The minimum atomic E-state index is 0.118. The first-order valence-corrected chi connectivity index (χ1v) is 20.8. The third-order valence-corrected chi connectivity index (χ3v) is 15.1. The zero-order valence-corrected chi connectivity index (χ0v) is 31.1. The van der Waals surface area contributed by atoms with Crippen molar-refractivity contribution in [1.29, 1.82) is 0 Å². The molecule has 7 aromatic carbocycles. The van der Waals surface area contributed by atoms with Gasteiger partial charge in [0.15, 0.2) is 0 Å². The Bertz CT molecular complexity index is 2710. The van der Waals surface area contributed by atoms with Gasteiger partial charge in [0.25, 0.3) is 0 Å². The molecule has 4 saturated carbocycles. The molecule has 0 saturated heterocycles. The maximum absolute atomic E-state index is 2.63. The van der Waals surface area contributed by atoms with Gasteiger partial charge in [-0.1, -0.05) is 127 Å². The van der Waals surface area contributed by atoms with Gasteiger partial charge in [0.05, 0.1) is 5.69 Å². The van der Waals surface area contributed by atoms with Crippen molar-refractivity contribution in [3.63, 3.8) is 0 Å². The van der Waals surface area contributed by atoms with E-state index in [1.165, 1.54) is 103 Å². The molecule has 54 heavy (non-hydrogen) atoms. The number of hydrogen-bond donors (Lipinski definition) is 0. The van der Waals surface area contributed by atoms with Gasteiger partial charge in [-0.2, -0.15) is 0 Å². The number of fused-ring (bicyclic) bond motifs is 6. The fraction of sp³-hybridized carbons (Fsp3) is 0.192. The van der Waals surface area contributed by atoms with E-state index < -0.39 is 0 Å². The molecule has 0 aliphatic heterocycles. The van der Waals surface area contributed by atoms with E-state index in [1.807, 2.05) is 11.3 Å². The van der Waals surface area contributed by atoms with E-state index in [2.05, 4.69) is 169 Å². The molecule has 260 valence electrons. The fourth-order valence-electron chi connectivity index (χ4n) is 12.0. The van der Waals surface area contributed by atoms with E-state index in [1.54, 1.807) is 11.1 Å². The van der Waals surface area contributed by atoms with E-state index in [9.17, 15) is 0 Å². The number of rotatable bonds is 5. The van der Waals surface area contributed by atoms with Crippen LogP contribution in [-0.4, -0.2) is 0 Å². The first kappa shape index (κ1) is 31.0. The maximum atomic E-state index is 2.63. The van der Waals surface area contributed by atoms with Crippen LogP contribution in [0.15, 0.2) is 164 Å². The fourth-order valence-corrected chi connectivity index (χ4v) is 13.2. The SMILES string of the molecule is c1ccc(-c2ccccc2N(c2ccc(-c3cccc4c3sc3ccccc34)cc2)c2ccc3c(c2)C2(c4ccccc4-3)C3CC4CC(C3)CC2C4)cc1. The molecular weight excluding hydrogens is 671 g/mol. The van der Waals surface area contributed by atoms with Crippen LogP contribution in [0.4, 0.5) is 17.1 Å². The highest BCUT2D eigenvalue weighted by Crippen LogP contribution is 2.69. The molecule has 0 unspecified atom stereocenters. The molecular formula is C52H41NS. The van der Waals surface area contributed by atoms with E-state index in [0.717, 1.165) is 23.7 Å². The molecule has 1 heterocycles. The van der Waals surface area contributed by atoms with E-state index in [4.69, 9.17) is 0 Å². The van der Waals surface area contributed by atoms with Crippen molar-refractivity contribution < 1.29 is 0 Å². The summed E-state index contributed by atoms with van der Waals surface area (Å²) in [6, 6.07) is 61.8.